The predicted octanol–water partition coefficient (Wildman–Crippen LogP) is 5.32. The first kappa shape index (κ1) is 21.6. The molecule has 0 bridgehead atoms. The summed E-state index contributed by atoms with van der Waals surface area (Å²) in [6.45, 7) is 0.383. The van der Waals surface area contributed by atoms with Gasteiger partial charge in [0, 0.05) is 45.5 Å². The predicted molar refractivity (Wildman–Crippen MR) is 140 cm³/mol. The molecule has 2 aromatic carbocycles. The number of carbonyl (C=O) groups is 1. The van der Waals surface area contributed by atoms with E-state index in [1.807, 2.05) is 60.2 Å². The number of nitrogens with one attached hydrogen (secondary N) is 2. The lowest BCUT2D eigenvalue weighted by molar-refractivity contribution is -0.116. The zero-order chi connectivity index (χ0) is 23.8. The molecule has 174 valence electrons. The summed E-state index contributed by atoms with van der Waals surface area (Å²) in [7, 11) is 0. The molecule has 3 aromatic heterocycles. The number of H-pyrrole nitrogens is 1. The van der Waals surface area contributed by atoms with Gasteiger partial charge in [-0.3, -0.25) is 9.78 Å². The number of rotatable bonds is 7. The maximum Gasteiger partial charge on any atom is 0.237 e. The number of pyridine rings is 1. The molecule has 0 spiro atoms. The molecule has 1 aliphatic heterocycles. The van der Waals surface area contributed by atoms with E-state index in [0.717, 1.165) is 32.8 Å². The van der Waals surface area contributed by atoms with Crippen molar-refractivity contribution < 1.29 is 9.53 Å². The Bertz CT molecular complexity index is 1510. The highest BCUT2D eigenvalue weighted by molar-refractivity contribution is 7.10. The summed E-state index contributed by atoms with van der Waals surface area (Å²) in [5.74, 6) is 0.403. The largest absolute Gasteiger partial charge is 0.490 e. The van der Waals surface area contributed by atoms with Crippen LogP contribution in [0.25, 0.3) is 22.0 Å². The zero-order valence-corrected chi connectivity index (χ0v) is 19.7. The van der Waals surface area contributed by atoms with Crippen LogP contribution in [0.4, 0.5) is 5.69 Å². The maximum atomic E-state index is 12.6. The first-order valence-electron chi connectivity index (χ1n) is 11.5. The molecule has 0 aliphatic carbocycles. The van der Waals surface area contributed by atoms with Crippen LogP contribution >= 0.6 is 11.3 Å². The van der Waals surface area contributed by atoms with Crippen LogP contribution in [0.2, 0.25) is 0 Å². The molecule has 1 unspecified atom stereocenters. The molecule has 5 aromatic rings. The van der Waals surface area contributed by atoms with Gasteiger partial charge in [0.05, 0.1) is 12.1 Å². The van der Waals surface area contributed by atoms with Crippen molar-refractivity contribution in [2.24, 2.45) is 5.73 Å². The number of nitrogens with two attached hydrogens (primary N) is 1. The van der Waals surface area contributed by atoms with E-state index in [0.29, 0.717) is 18.8 Å². The third-order valence-electron chi connectivity index (χ3n) is 6.38. The van der Waals surface area contributed by atoms with Crippen molar-refractivity contribution in [1.82, 2.24) is 9.97 Å². The van der Waals surface area contributed by atoms with Crippen LogP contribution in [0, 0.1) is 0 Å². The van der Waals surface area contributed by atoms with Crippen molar-refractivity contribution in [3.05, 3.63) is 101 Å². The third kappa shape index (κ3) is 4.20. The monoisotopic (exact) mass is 480 g/mol. The van der Waals surface area contributed by atoms with Crippen LogP contribution in [0.3, 0.4) is 0 Å². The summed E-state index contributed by atoms with van der Waals surface area (Å²) in [6.07, 6.45) is 6.25. The number of amides is 1. The summed E-state index contributed by atoms with van der Waals surface area (Å²) >= 11 is 1.60. The zero-order valence-electron chi connectivity index (χ0n) is 18.9. The van der Waals surface area contributed by atoms with Gasteiger partial charge < -0.3 is 20.8 Å². The van der Waals surface area contributed by atoms with E-state index in [-0.39, 0.29) is 17.9 Å². The molecule has 1 aliphatic rings. The average Bonchev–Trinajstić information content (AvgIpc) is 3.61. The summed E-state index contributed by atoms with van der Waals surface area (Å²) < 4.78 is 6.02. The smallest absolute Gasteiger partial charge is 0.237 e. The van der Waals surface area contributed by atoms with Gasteiger partial charge in [0.1, 0.15) is 12.4 Å². The van der Waals surface area contributed by atoms with E-state index in [2.05, 4.69) is 33.5 Å². The number of anilines is 1. The fourth-order valence-electron chi connectivity index (χ4n) is 4.68. The van der Waals surface area contributed by atoms with Crippen molar-refractivity contribution >= 4 is 33.8 Å². The Balaban J connectivity index is 1.18. The number of nitrogens with zero attached hydrogens (tertiary/aromatic N) is 1. The van der Waals surface area contributed by atoms with E-state index in [4.69, 9.17) is 10.5 Å². The van der Waals surface area contributed by atoms with E-state index >= 15 is 0 Å². The fourth-order valence-corrected chi connectivity index (χ4v) is 5.52. The van der Waals surface area contributed by atoms with Crippen LogP contribution in [0.15, 0.2) is 84.6 Å². The molecule has 0 fully saturated rings. The fraction of sp³-hybridized carbons (Fsp3) is 0.143. The van der Waals surface area contributed by atoms with Gasteiger partial charge in [-0.1, -0.05) is 30.3 Å². The van der Waals surface area contributed by atoms with E-state index in [1.165, 1.54) is 10.9 Å². The molecule has 0 saturated heterocycles. The number of para-hydroxylation sites is 1. The number of aromatic nitrogens is 2. The lowest BCUT2D eigenvalue weighted by Gasteiger charge is -2.14. The van der Waals surface area contributed by atoms with Crippen LogP contribution in [-0.2, 0) is 11.2 Å². The number of thiophene rings is 1. The van der Waals surface area contributed by atoms with Gasteiger partial charge in [0.15, 0.2) is 0 Å². The van der Waals surface area contributed by atoms with Gasteiger partial charge >= 0.3 is 0 Å². The molecule has 4 N–H and O–H groups in total. The van der Waals surface area contributed by atoms with E-state index in [1.54, 1.807) is 17.5 Å². The van der Waals surface area contributed by atoms with Crippen molar-refractivity contribution in [3.8, 4) is 16.9 Å². The molecule has 35 heavy (non-hydrogen) atoms. The Labute approximate surface area is 206 Å². The molecule has 6 rings (SSSR count). The summed E-state index contributed by atoms with van der Waals surface area (Å²) in [4.78, 5) is 21.3. The van der Waals surface area contributed by atoms with Crippen LogP contribution in [-0.4, -0.2) is 28.5 Å². The quantitative estimate of drug-likeness (QED) is 0.294. The number of hydrogen-bond donors (Lipinski definition) is 3. The molecular formula is C28H24N4O2S. The summed E-state index contributed by atoms with van der Waals surface area (Å²) in [5, 5.41) is 6.19. The highest BCUT2D eigenvalue weighted by Gasteiger charge is 2.32. The van der Waals surface area contributed by atoms with E-state index in [9.17, 15) is 4.79 Å². The summed E-state index contributed by atoms with van der Waals surface area (Å²) in [5.41, 5.74) is 12.5. The maximum absolute atomic E-state index is 12.6. The van der Waals surface area contributed by atoms with Crippen molar-refractivity contribution in [3.63, 3.8) is 0 Å². The number of benzene rings is 2. The number of carbonyl (C=O) groups excluding carboxylic acids is 1. The normalized spacial score (nSPS) is 15.7. The van der Waals surface area contributed by atoms with Crippen LogP contribution in [0.1, 0.15) is 21.9 Å². The lowest BCUT2D eigenvalue weighted by Crippen LogP contribution is -2.30. The Kier molecular flexibility index (Phi) is 5.56. The second-order valence-electron chi connectivity index (χ2n) is 8.78. The first-order valence-corrected chi connectivity index (χ1v) is 12.4. The minimum atomic E-state index is -0.278. The van der Waals surface area contributed by atoms with Crippen molar-refractivity contribution in [2.75, 3.05) is 11.9 Å². The van der Waals surface area contributed by atoms with Crippen molar-refractivity contribution in [1.29, 1.82) is 0 Å². The number of aromatic amines is 1. The standard InChI is InChI=1S/C28H24N4O2S/c29-20(10-19-14-31-24-5-2-1-4-22(19)24)16-34-21-11-18(13-30-15-21)17-7-8-25-23(12-17)27(28(33)32-25)26-6-3-9-35-26/h1-9,11-15,20,27,31H,10,16,29H2,(H,32,33)/t20-,27?/m0/s1. The highest BCUT2D eigenvalue weighted by Crippen LogP contribution is 2.41. The molecule has 4 heterocycles. The van der Waals surface area contributed by atoms with Gasteiger partial charge in [-0.05, 0) is 58.8 Å². The minimum Gasteiger partial charge on any atom is -0.490 e. The molecular weight excluding hydrogens is 456 g/mol. The third-order valence-corrected chi connectivity index (χ3v) is 7.32. The van der Waals surface area contributed by atoms with Gasteiger partial charge in [-0.2, -0.15) is 0 Å². The molecule has 7 heteroatoms. The SMILES string of the molecule is N[C@H](COc1cncc(-c2ccc3c(c2)C(c2cccs2)C(=O)N3)c1)Cc1c[nH]c2ccccc12. The second kappa shape index (κ2) is 9.02. The van der Waals surface area contributed by atoms with Gasteiger partial charge in [0.25, 0.3) is 0 Å². The van der Waals surface area contributed by atoms with Gasteiger partial charge in [-0.15, -0.1) is 11.3 Å². The Morgan fingerprint density at radius 1 is 1.06 bits per heavy atom. The number of fused-ring (bicyclic) bond motifs is 2. The van der Waals surface area contributed by atoms with Gasteiger partial charge in [0.2, 0.25) is 5.91 Å². The molecule has 0 radical (unpaired) electrons. The highest BCUT2D eigenvalue weighted by atomic mass is 32.1. The Morgan fingerprint density at radius 3 is 2.86 bits per heavy atom. The minimum absolute atomic E-state index is 0.0130. The summed E-state index contributed by atoms with van der Waals surface area (Å²) in [6, 6.07) is 20.0. The number of hydrogen-bond acceptors (Lipinski definition) is 5. The number of ether oxygens (including phenoxy) is 1. The van der Waals surface area contributed by atoms with Crippen LogP contribution in [0.5, 0.6) is 5.75 Å². The molecule has 2 atom stereocenters. The molecule has 0 saturated carbocycles. The van der Waals surface area contributed by atoms with E-state index < -0.39 is 0 Å². The van der Waals surface area contributed by atoms with Gasteiger partial charge in [-0.25, -0.2) is 0 Å². The Morgan fingerprint density at radius 2 is 1.97 bits per heavy atom. The average molecular weight is 481 g/mol. The topological polar surface area (TPSA) is 93.0 Å². The lowest BCUT2D eigenvalue weighted by atomic mass is 9.95. The van der Waals surface area contributed by atoms with Crippen molar-refractivity contribution in [2.45, 2.75) is 18.4 Å². The second-order valence-corrected chi connectivity index (χ2v) is 9.76. The Hall–Kier alpha value is -3.94. The first-order chi connectivity index (χ1) is 17.2. The van der Waals surface area contributed by atoms with Crippen LogP contribution < -0.4 is 15.8 Å². The molecule has 6 nitrogen and oxygen atoms in total. The molecule has 1 amide bonds.